The largest absolute Gasteiger partial charge is 0.485 e. The molecular formula is C13H13BrO2. The van der Waals surface area contributed by atoms with Crippen molar-refractivity contribution in [2.45, 2.75) is 25.9 Å². The van der Waals surface area contributed by atoms with Gasteiger partial charge in [0.25, 0.3) is 0 Å². The van der Waals surface area contributed by atoms with Crippen LogP contribution in [0, 0.1) is 0 Å². The van der Waals surface area contributed by atoms with E-state index in [-0.39, 0.29) is 5.78 Å². The first kappa shape index (κ1) is 11.4. The Kier molecular flexibility index (Phi) is 2.89. The number of carbonyl (C=O) groups is 1. The molecule has 0 fully saturated rings. The zero-order valence-corrected chi connectivity index (χ0v) is 10.9. The second-order valence-electron chi connectivity index (χ2n) is 4.47. The molecule has 1 aromatic rings. The highest BCUT2D eigenvalue weighted by atomic mass is 79.9. The zero-order valence-electron chi connectivity index (χ0n) is 9.29. The molecule has 2 nitrogen and oxygen atoms in total. The van der Waals surface area contributed by atoms with Crippen molar-refractivity contribution in [1.82, 2.24) is 0 Å². The third-order valence-electron chi connectivity index (χ3n) is 2.44. The molecule has 2 rings (SSSR count). The Hall–Kier alpha value is -1.09. The summed E-state index contributed by atoms with van der Waals surface area (Å²) in [5.74, 6) is 0.733. The lowest BCUT2D eigenvalue weighted by Crippen LogP contribution is -2.32. The Morgan fingerprint density at radius 2 is 1.88 bits per heavy atom. The predicted molar refractivity (Wildman–Crippen MR) is 67.1 cm³/mol. The molecule has 84 valence electrons. The number of benzene rings is 1. The van der Waals surface area contributed by atoms with E-state index in [9.17, 15) is 4.79 Å². The van der Waals surface area contributed by atoms with Gasteiger partial charge in [-0.2, -0.15) is 0 Å². The molecule has 0 amide bonds. The van der Waals surface area contributed by atoms with Gasteiger partial charge >= 0.3 is 0 Å². The molecule has 0 saturated carbocycles. The van der Waals surface area contributed by atoms with E-state index in [1.54, 1.807) is 0 Å². The number of halogens is 1. The monoisotopic (exact) mass is 280 g/mol. The summed E-state index contributed by atoms with van der Waals surface area (Å²) < 4.78 is 6.39. The lowest BCUT2D eigenvalue weighted by atomic mass is 9.97. The van der Waals surface area contributed by atoms with E-state index in [1.165, 1.54) is 0 Å². The van der Waals surface area contributed by atoms with Crippen molar-refractivity contribution >= 4 is 27.5 Å². The lowest BCUT2D eigenvalue weighted by molar-refractivity contribution is -0.120. The summed E-state index contributed by atoms with van der Waals surface area (Å²) in [6, 6.07) is 9.67. The van der Waals surface area contributed by atoms with Gasteiger partial charge < -0.3 is 4.74 Å². The van der Waals surface area contributed by atoms with Gasteiger partial charge in [0.15, 0.2) is 5.78 Å². The highest BCUT2D eigenvalue weighted by Crippen LogP contribution is 2.36. The first-order valence-electron chi connectivity index (χ1n) is 5.17. The fourth-order valence-electron chi connectivity index (χ4n) is 1.72. The number of Topliss-reactive ketones (excluding diaryl/α,β-unsaturated/α-hetero) is 1. The van der Waals surface area contributed by atoms with Crippen LogP contribution in [-0.2, 0) is 9.53 Å². The molecule has 0 bridgehead atoms. The molecule has 0 N–H and O–H groups in total. The highest BCUT2D eigenvalue weighted by molar-refractivity contribution is 9.12. The molecule has 0 atom stereocenters. The van der Waals surface area contributed by atoms with Gasteiger partial charge in [-0.05, 0) is 29.8 Å². The van der Waals surface area contributed by atoms with Gasteiger partial charge in [-0.1, -0.05) is 30.3 Å². The van der Waals surface area contributed by atoms with Crippen LogP contribution < -0.4 is 0 Å². The van der Waals surface area contributed by atoms with Gasteiger partial charge in [0, 0.05) is 5.56 Å². The number of carbonyl (C=O) groups excluding carboxylic acids is 1. The molecule has 0 aliphatic carbocycles. The average molecular weight is 281 g/mol. The van der Waals surface area contributed by atoms with Crippen molar-refractivity contribution in [3.05, 3.63) is 40.4 Å². The van der Waals surface area contributed by atoms with Gasteiger partial charge in [0.05, 0.1) is 6.42 Å². The number of ketones is 1. The van der Waals surface area contributed by atoms with Gasteiger partial charge in [0.2, 0.25) is 0 Å². The Morgan fingerprint density at radius 3 is 2.50 bits per heavy atom. The summed E-state index contributed by atoms with van der Waals surface area (Å²) in [6.45, 7) is 3.85. The third kappa shape index (κ3) is 2.19. The number of hydrogen-bond acceptors (Lipinski definition) is 2. The van der Waals surface area contributed by atoms with E-state index in [1.807, 2.05) is 44.2 Å². The van der Waals surface area contributed by atoms with E-state index >= 15 is 0 Å². The van der Waals surface area contributed by atoms with Crippen molar-refractivity contribution in [2.75, 3.05) is 0 Å². The van der Waals surface area contributed by atoms with E-state index in [0.717, 1.165) is 5.56 Å². The van der Waals surface area contributed by atoms with Crippen LogP contribution in [0.3, 0.4) is 0 Å². The summed E-state index contributed by atoms with van der Waals surface area (Å²) in [7, 11) is 0. The van der Waals surface area contributed by atoms with Crippen LogP contribution in [-0.4, -0.2) is 11.4 Å². The zero-order chi connectivity index (χ0) is 11.8. The molecule has 1 aromatic carbocycles. The van der Waals surface area contributed by atoms with Crippen LogP contribution in [0.4, 0.5) is 0 Å². The summed E-state index contributed by atoms with van der Waals surface area (Å²) in [5.41, 5.74) is 0.495. The number of allylic oxidation sites excluding steroid dienone is 1. The fourth-order valence-corrected chi connectivity index (χ4v) is 2.17. The maximum Gasteiger partial charge on any atom is 0.177 e. The van der Waals surface area contributed by atoms with Gasteiger partial charge in [-0.15, -0.1) is 0 Å². The van der Waals surface area contributed by atoms with E-state index in [2.05, 4.69) is 15.9 Å². The molecule has 1 aliphatic heterocycles. The molecular weight excluding hydrogens is 268 g/mol. The number of hydrogen-bond donors (Lipinski definition) is 0. The first-order valence-corrected chi connectivity index (χ1v) is 5.96. The standard InChI is InChI=1S/C13H13BrO2/c1-13(2)8-10(15)11(14)12(16-13)9-6-4-3-5-7-9/h3-7H,8H2,1-2H3. The summed E-state index contributed by atoms with van der Waals surface area (Å²) >= 11 is 3.31. The molecule has 0 spiro atoms. The fraction of sp³-hybridized carbons (Fsp3) is 0.308. The second-order valence-corrected chi connectivity index (χ2v) is 5.26. The van der Waals surface area contributed by atoms with Crippen molar-refractivity contribution in [2.24, 2.45) is 0 Å². The minimum atomic E-state index is -0.431. The normalized spacial score (nSPS) is 19.6. The minimum absolute atomic E-state index is 0.0927. The molecule has 0 saturated heterocycles. The quantitative estimate of drug-likeness (QED) is 0.787. The molecule has 1 heterocycles. The maximum absolute atomic E-state index is 11.8. The Bertz CT molecular complexity index is 446. The van der Waals surface area contributed by atoms with Gasteiger partial charge in [-0.3, -0.25) is 4.79 Å². The average Bonchev–Trinajstić information content (AvgIpc) is 2.24. The third-order valence-corrected chi connectivity index (χ3v) is 3.25. The van der Waals surface area contributed by atoms with Gasteiger partial charge in [-0.25, -0.2) is 0 Å². The SMILES string of the molecule is CC1(C)CC(=O)C(Br)=C(c2ccccc2)O1. The lowest BCUT2D eigenvalue weighted by Gasteiger charge is -2.32. The predicted octanol–water partition coefficient (Wildman–Crippen LogP) is 3.52. The molecule has 0 aromatic heterocycles. The van der Waals surface area contributed by atoms with Crippen LogP contribution >= 0.6 is 15.9 Å². The van der Waals surface area contributed by atoms with E-state index in [4.69, 9.17) is 4.74 Å². The summed E-state index contributed by atoms with van der Waals surface area (Å²) in [4.78, 5) is 11.8. The molecule has 1 aliphatic rings. The molecule has 0 unspecified atom stereocenters. The van der Waals surface area contributed by atoms with Crippen molar-refractivity contribution in [1.29, 1.82) is 0 Å². The van der Waals surface area contributed by atoms with Crippen LogP contribution in [0.25, 0.3) is 5.76 Å². The topological polar surface area (TPSA) is 26.3 Å². The Morgan fingerprint density at radius 1 is 1.25 bits per heavy atom. The highest BCUT2D eigenvalue weighted by Gasteiger charge is 2.33. The summed E-state index contributed by atoms with van der Waals surface area (Å²) in [6.07, 6.45) is 0.407. The van der Waals surface area contributed by atoms with Crippen LogP contribution in [0.1, 0.15) is 25.8 Å². The smallest absolute Gasteiger partial charge is 0.177 e. The Balaban J connectivity index is 2.47. The van der Waals surface area contributed by atoms with Crippen molar-refractivity contribution in [3.8, 4) is 0 Å². The summed E-state index contributed by atoms with van der Waals surface area (Å²) in [5, 5.41) is 0. The van der Waals surface area contributed by atoms with E-state index < -0.39 is 5.60 Å². The number of rotatable bonds is 1. The second kappa shape index (κ2) is 4.06. The minimum Gasteiger partial charge on any atom is -0.485 e. The van der Waals surface area contributed by atoms with Crippen LogP contribution in [0.5, 0.6) is 0 Å². The van der Waals surface area contributed by atoms with Crippen molar-refractivity contribution in [3.63, 3.8) is 0 Å². The molecule has 0 radical (unpaired) electrons. The Labute approximate surface area is 103 Å². The van der Waals surface area contributed by atoms with Crippen LogP contribution in [0.15, 0.2) is 34.8 Å². The molecule has 16 heavy (non-hydrogen) atoms. The van der Waals surface area contributed by atoms with E-state index in [0.29, 0.717) is 16.7 Å². The van der Waals surface area contributed by atoms with Crippen molar-refractivity contribution < 1.29 is 9.53 Å². The van der Waals surface area contributed by atoms with Crippen LogP contribution in [0.2, 0.25) is 0 Å². The molecule has 3 heteroatoms. The first-order chi connectivity index (χ1) is 7.49. The van der Waals surface area contributed by atoms with Gasteiger partial charge in [0.1, 0.15) is 15.8 Å². The maximum atomic E-state index is 11.8. The number of ether oxygens (including phenoxy) is 1.